The standard InChI is InChI=1S/C10H18F3NO2/c1-14-8-3-6-15-7-9(8)16-5-2-4-10(11,12)13/h8-9,14H,2-7H2,1H3. The van der Waals surface area contributed by atoms with Crippen molar-refractivity contribution < 1.29 is 22.6 Å². The van der Waals surface area contributed by atoms with Gasteiger partial charge in [-0.25, -0.2) is 0 Å². The second-order valence-electron chi connectivity index (χ2n) is 3.89. The first-order valence-corrected chi connectivity index (χ1v) is 5.46. The van der Waals surface area contributed by atoms with Gasteiger partial charge in [0.05, 0.1) is 12.7 Å². The van der Waals surface area contributed by atoms with Crippen molar-refractivity contribution in [2.75, 3.05) is 26.9 Å². The molecule has 0 aromatic rings. The molecule has 0 amide bonds. The van der Waals surface area contributed by atoms with E-state index in [0.29, 0.717) is 13.2 Å². The fourth-order valence-electron chi connectivity index (χ4n) is 1.71. The Morgan fingerprint density at radius 3 is 2.81 bits per heavy atom. The van der Waals surface area contributed by atoms with Crippen molar-refractivity contribution in [3.05, 3.63) is 0 Å². The van der Waals surface area contributed by atoms with Crippen molar-refractivity contribution in [2.24, 2.45) is 0 Å². The highest BCUT2D eigenvalue weighted by molar-refractivity contribution is 4.79. The first-order chi connectivity index (χ1) is 7.53. The number of hydrogen-bond donors (Lipinski definition) is 1. The third-order valence-electron chi connectivity index (χ3n) is 2.61. The van der Waals surface area contributed by atoms with Crippen LogP contribution in [0.25, 0.3) is 0 Å². The molecule has 1 saturated heterocycles. The van der Waals surface area contributed by atoms with Gasteiger partial charge in [-0.05, 0) is 19.9 Å². The highest BCUT2D eigenvalue weighted by Crippen LogP contribution is 2.21. The summed E-state index contributed by atoms with van der Waals surface area (Å²) in [4.78, 5) is 0. The summed E-state index contributed by atoms with van der Waals surface area (Å²) in [7, 11) is 1.82. The number of nitrogens with one attached hydrogen (secondary N) is 1. The molecule has 0 aromatic heterocycles. The zero-order valence-electron chi connectivity index (χ0n) is 9.35. The van der Waals surface area contributed by atoms with Crippen LogP contribution in [0.15, 0.2) is 0 Å². The molecule has 1 rings (SSSR count). The number of rotatable bonds is 5. The van der Waals surface area contributed by atoms with Crippen LogP contribution in [0, 0.1) is 0 Å². The van der Waals surface area contributed by atoms with Gasteiger partial charge in [-0.1, -0.05) is 0 Å². The van der Waals surface area contributed by atoms with Gasteiger partial charge in [-0.3, -0.25) is 0 Å². The SMILES string of the molecule is CNC1CCOCC1OCCCC(F)(F)F. The Hall–Kier alpha value is -0.330. The number of halogens is 3. The average molecular weight is 241 g/mol. The van der Waals surface area contributed by atoms with Gasteiger partial charge < -0.3 is 14.8 Å². The summed E-state index contributed by atoms with van der Waals surface area (Å²) in [6, 6.07) is 0.180. The van der Waals surface area contributed by atoms with Crippen LogP contribution >= 0.6 is 0 Å². The molecular formula is C10H18F3NO2. The minimum atomic E-state index is -4.09. The van der Waals surface area contributed by atoms with E-state index in [4.69, 9.17) is 9.47 Å². The van der Waals surface area contributed by atoms with Crippen LogP contribution in [0.5, 0.6) is 0 Å². The first-order valence-electron chi connectivity index (χ1n) is 5.46. The highest BCUT2D eigenvalue weighted by atomic mass is 19.4. The minimum absolute atomic E-state index is 0.0104. The smallest absolute Gasteiger partial charge is 0.379 e. The fraction of sp³-hybridized carbons (Fsp3) is 1.00. The molecule has 1 N–H and O–H groups in total. The van der Waals surface area contributed by atoms with Crippen molar-refractivity contribution >= 4 is 0 Å². The van der Waals surface area contributed by atoms with Crippen molar-refractivity contribution in [1.82, 2.24) is 5.32 Å². The van der Waals surface area contributed by atoms with Crippen LogP contribution in [0.1, 0.15) is 19.3 Å². The Morgan fingerprint density at radius 1 is 1.44 bits per heavy atom. The minimum Gasteiger partial charge on any atom is -0.379 e. The van der Waals surface area contributed by atoms with Gasteiger partial charge in [-0.15, -0.1) is 0 Å². The van der Waals surface area contributed by atoms with Crippen LogP contribution in [-0.2, 0) is 9.47 Å². The van der Waals surface area contributed by atoms with Crippen LogP contribution in [0.2, 0.25) is 0 Å². The molecule has 1 aliphatic rings. The molecule has 2 atom stereocenters. The van der Waals surface area contributed by atoms with E-state index in [1.54, 1.807) is 0 Å². The lowest BCUT2D eigenvalue weighted by atomic mass is 10.1. The molecule has 0 aromatic carbocycles. The maximum atomic E-state index is 11.9. The van der Waals surface area contributed by atoms with E-state index in [2.05, 4.69) is 5.32 Å². The molecule has 96 valence electrons. The summed E-state index contributed by atoms with van der Waals surface area (Å²) >= 11 is 0. The summed E-state index contributed by atoms with van der Waals surface area (Å²) in [6.45, 7) is 1.26. The molecule has 1 heterocycles. The second kappa shape index (κ2) is 6.42. The van der Waals surface area contributed by atoms with Crippen molar-refractivity contribution in [3.8, 4) is 0 Å². The van der Waals surface area contributed by atoms with Crippen LogP contribution in [0.4, 0.5) is 13.2 Å². The van der Waals surface area contributed by atoms with Crippen molar-refractivity contribution in [2.45, 2.75) is 37.6 Å². The monoisotopic (exact) mass is 241 g/mol. The lowest BCUT2D eigenvalue weighted by molar-refractivity contribution is -0.141. The van der Waals surface area contributed by atoms with Gasteiger partial charge in [0.15, 0.2) is 0 Å². The van der Waals surface area contributed by atoms with Gasteiger partial charge in [0.25, 0.3) is 0 Å². The zero-order chi connectivity index (χ0) is 12.0. The third kappa shape index (κ3) is 5.14. The summed E-state index contributed by atoms with van der Waals surface area (Å²) in [5.74, 6) is 0. The Kier molecular flexibility index (Phi) is 5.51. The summed E-state index contributed by atoms with van der Waals surface area (Å²) in [5, 5.41) is 3.08. The average Bonchev–Trinajstić information content (AvgIpc) is 2.23. The van der Waals surface area contributed by atoms with Crippen LogP contribution < -0.4 is 5.32 Å². The Morgan fingerprint density at radius 2 is 2.19 bits per heavy atom. The van der Waals surface area contributed by atoms with E-state index >= 15 is 0 Å². The maximum Gasteiger partial charge on any atom is 0.389 e. The van der Waals surface area contributed by atoms with Gasteiger partial charge >= 0.3 is 6.18 Å². The second-order valence-corrected chi connectivity index (χ2v) is 3.89. The number of hydrogen-bond acceptors (Lipinski definition) is 3. The van der Waals surface area contributed by atoms with Gasteiger partial charge in [0.1, 0.15) is 0 Å². The number of alkyl halides is 3. The molecule has 1 aliphatic heterocycles. The molecule has 16 heavy (non-hydrogen) atoms. The lowest BCUT2D eigenvalue weighted by Crippen LogP contribution is -2.46. The Balaban J connectivity index is 2.15. The van der Waals surface area contributed by atoms with Crippen LogP contribution in [-0.4, -0.2) is 45.2 Å². The Bertz CT molecular complexity index is 199. The molecular weight excluding hydrogens is 223 g/mol. The predicted octanol–water partition coefficient (Wildman–Crippen LogP) is 1.72. The maximum absolute atomic E-state index is 11.9. The molecule has 6 heteroatoms. The van der Waals surface area contributed by atoms with Gasteiger partial charge in [-0.2, -0.15) is 13.2 Å². The van der Waals surface area contributed by atoms with E-state index < -0.39 is 12.6 Å². The van der Waals surface area contributed by atoms with Crippen LogP contribution in [0.3, 0.4) is 0 Å². The largest absolute Gasteiger partial charge is 0.389 e. The predicted molar refractivity (Wildman–Crippen MR) is 53.3 cm³/mol. The molecule has 1 fully saturated rings. The van der Waals surface area contributed by atoms with E-state index in [-0.39, 0.29) is 25.2 Å². The van der Waals surface area contributed by atoms with Gasteiger partial charge in [0.2, 0.25) is 0 Å². The molecule has 0 spiro atoms. The Labute approximate surface area is 93.3 Å². The third-order valence-corrected chi connectivity index (χ3v) is 2.61. The lowest BCUT2D eigenvalue weighted by Gasteiger charge is -2.31. The molecule has 0 bridgehead atoms. The normalized spacial score (nSPS) is 27.0. The zero-order valence-corrected chi connectivity index (χ0v) is 9.35. The number of likely N-dealkylation sites (N-methyl/N-ethyl adjacent to an activating group) is 1. The van der Waals surface area contributed by atoms with E-state index in [1.807, 2.05) is 7.05 Å². The van der Waals surface area contributed by atoms with E-state index in [9.17, 15) is 13.2 Å². The fourth-order valence-corrected chi connectivity index (χ4v) is 1.71. The van der Waals surface area contributed by atoms with E-state index in [0.717, 1.165) is 6.42 Å². The van der Waals surface area contributed by atoms with E-state index in [1.165, 1.54) is 0 Å². The number of ether oxygens (including phenoxy) is 2. The summed E-state index contributed by atoms with van der Waals surface area (Å²) < 4.78 is 46.2. The molecule has 0 saturated carbocycles. The summed E-state index contributed by atoms with van der Waals surface area (Å²) in [6.07, 6.45) is -4.16. The molecule has 2 unspecified atom stereocenters. The molecule has 0 radical (unpaired) electrons. The van der Waals surface area contributed by atoms with Gasteiger partial charge in [0, 0.05) is 25.7 Å². The highest BCUT2D eigenvalue weighted by Gasteiger charge is 2.28. The van der Waals surface area contributed by atoms with Crippen molar-refractivity contribution in [1.29, 1.82) is 0 Å². The van der Waals surface area contributed by atoms with Crippen molar-refractivity contribution in [3.63, 3.8) is 0 Å². The quantitative estimate of drug-likeness (QED) is 0.743. The molecule has 0 aliphatic carbocycles. The summed E-state index contributed by atoms with van der Waals surface area (Å²) in [5.41, 5.74) is 0. The molecule has 3 nitrogen and oxygen atoms in total. The first kappa shape index (κ1) is 13.7. The topological polar surface area (TPSA) is 30.5 Å².